The van der Waals surface area contributed by atoms with Crippen LogP contribution in [0.15, 0.2) is 60.8 Å². The summed E-state index contributed by atoms with van der Waals surface area (Å²) in [5.41, 5.74) is 10.1. The van der Waals surface area contributed by atoms with Gasteiger partial charge in [0.25, 0.3) is 0 Å². The summed E-state index contributed by atoms with van der Waals surface area (Å²) >= 11 is 0. The molecule has 1 heterocycles. The smallest absolute Gasteiger partial charge is 0.0951 e. The van der Waals surface area contributed by atoms with E-state index in [1.165, 1.54) is 11.3 Å². The minimum absolute atomic E-state index is 0.727. The summed E-state index contributed by atoms with van der Waals surface area (Å²) in [5, 5.41) is 1.11. The van der Waals surface area contributed by atoms with Gasteiger partial charge in [0.05, 0.1) is 11.2 Å². The van der Waals surface area contributed by atoms with Gasteiger partial charge < -0.3 is 10.6 Å². The second kappa shape index (κ2) is 5.83. The lowest BCUT2D eigenvalue weighted by Gasteiger charge is -2.24. The molecular formula is C18H19N3. The Morgan fingerprint density at radius 1 is 1.00 bits per heavy atom. The van der Waals surface area contributed by atoms with E-state index in [1.54, 1.807) is 0 Å². The summed E-state index contributed by atoms with van der Waals surface area (Å²) in [4.78, 5) is 6.76. The van der Waals surface area contributed by atoms with Crippen LogP contribution in [0.4, 0.5) is 11.4 Å². The maximum absolute atomic E-state index is 6.04. The van der Waals surface area contributed by atoms with Crippen molar-refractivity contribution in [3.8, 4) is 0 Å². The van der Waals surface area contributed by atoms with Crippen LogP contribution in [0.25, 0.3) is 10.9 Å². The van der Waals surface area contributed by atoms with E-state index in [0.717, 1.165) is 29.7 Å². The fourth-order valence-corrected chi connectivity index (χ4v) is 2.63. The molecule has 106 valence electrons. The number of para-hydroxylation sites is 1. The predicted octanol–water partition coefficient (Wildman–Crippen LogP) is 3.84. The third-order valence-corrected chi connectivity index (χ3v) is 3.72. The predicted molar refractivity (Wildman–Crippen MR) is 89.3 cm³/mol. The number of hydrogen-bond donors (Lipinski definition) is 1. The summed E-state index contributed by atoms with van der Waals surface area (Å²) in [6, 6.07) is 18.5. The maximum atomic E-state index is 6.04. The van der Waals surface area contributed by atoms with E-state index in [4.69, 9.17) is 5.73 Å². The molecule has 3 heteroatoms. The zero-order valence-electron chi connectivity index (χ0n) is 12.2. The molecule has 0 fully saturated rings. The Hall–Kier alpha value is -2.55. The lowest BCUT2D eigenvalue weighted by molar-refractivity contribution is 0.835. The molecule has 2 N–H and O–H groups in total. The molecule has 0 saturated heterocycles. The van der Waals surface area contributed by atoms with E-state index >= 15 is 0 Å². The average Bonchev–Trinajstić information content (AvgIpc) is 2.54. The van der Waals surface area contributed by atoms with Crippen molar-refractivity contribution in [2.75, 3.05) is 17.2 Å². The molecule has 3 rings (SSSR count). The van der Waals surface area contributed by atoms with Crippen molar-refractivity contribution in [1.82, 2.24) is 4.98 Å². The van der Waals surface area contributed by atoms with Crippen LogP contribution in [-0.4, -0.2) is 11.5 Å². The SMILES string of the molecule is CCN(Cc1ccccc1)c1ccnc2c(N)cccc12. The van der Waals surface area contributed by atoms with Crippen LogP contribution >= 0.6 is 0 Å². The largest absolute Gasteiger partial charge is 0.397 e. The van der Waals surface area contributed by atoms with E-state index in [1.807, 2.05) is 24.4 Å². The molecule has 0 spiro atoms. The number of nitrogens with two attached hydrogens (primary N) is 1. The molecule has 0 aliphatic rings. The van der Waals surface area contributed by atoms with E-state index in [0.29, 0.717) is 0 Å². The van der Waals surface area contributed by atoms with Crippen LogP contribution in [0.5, 0.6) is 0 Å². The van der Waals surface area contributed by atoms with Gasteiger partial charge in [-0.3, -0.25) is 4.98 Å². The highest BCUT2D eigenvalue weighted by atomic mass is 15.1. The Labute approximate surface area is 125 Å². The first-order chi connectivity index (χ1) is 10.3. The van der Waals surface area contributed by atoms with E-state index in [2.05, 4.69) is 53.2 Å². The lowest BCUT2D eigenvalue weighted by atomic mass is 10.1. The van der Waals surface area contributed by atoms with Crippen molar-refractivity contribution in [3.05, 3.63) is 66.4 Å². The topological polar surface area (TPSA) is 42.2 Å². The Bertz CT molecular complexity index is 738. The molecule has 0 unspecified atom stereocenters. The second-order valence-corrected chi connectivity index (χ2v) is 5.07. The minimum atomic E-state index is 0.727. The van der Waals surface area contributed by atoms with Gasteiger partial charge in [0.15, 0.2) is 0 Å². The van der Waals surface area contributed by atoms with Crippen molar-refractivity contribution in [2.45, 2.75) is 13.5 Å². The number of fused-ring (bicyclic) bond motifs is 1. The van der Waals surface area contributed by atoms with Gasteiger partial charge in [-0.15, -0.1) is 0 Å². The molecule has 2 aromatic carbocycles. The second-order valence-electron chi connectivity index (χ2n) is 5.07. The van der Waals surface area contributed by atoms with Gasteiger partial charge in [-0.25, -0.2) is 0 Å². The van der Waals surface area contributed by atoms with E-state index in [9.17, 15) is 0 Å². The number of nitrogens with zero attached hydrogens (tertiary/aromatic N) is 2. The molecule has 0 atom stereocenters. The standard InChI is InChI=1S/C18H19N3/c1-2-21(13-14-7-4-3-5-8-14)17-11-12-20-18-15(17)9-6-10-16(18)19/h3-12H,2,13,19H2,1H3. The quantitative estimate of drug-likeness (QED) is 0.737. The first-order valence-electron chi connectivity index (χ1n) is 7.21. The van der Waals surface area contributed by atoms with Gasteiger partial charge in [0, 0.05) is 30.4 Å². The molecule has 3 aromatic rings. The third kappa shape index (κ3) is 2.68. The molecule has 3 nitrogen and oxygen atoms in total. The monoisotopic (exact) mass is 277 g/mol. The van der Waals surface area contributed by atoms with Crippen LogP contribution in [0.1, 0.15) is 12.5 Å². The van der Waals surface area contributed by atoms with Gasteiger partial charge in [-0.05, 0) is 24.6 Å². The van der Waals surface area contributed by atoms with Crippen LogP contribution in [0.2, 0.25) is 0 Å². The molecule has 0 amide bonds. The molecule has 0 saturated carbocycles. The number of benzene rings is 2. The van der Waals surface area contributed by atoms with Gasteiger partial charge in [0.1, 0.15) is 0 Å². The first kappa shape index (κ1) is 13.4. The summed E-state index contributed by atoms with van der Waals surface area (Å²) in [5.74, 6) is 0. The first-order valence-corrected chi connectivity index (χ1v) is 7.21. The van der Waals surface area contributed by atoms with Crippen LogP contribution in [0.3, 0.4) is 0 Å². The number of anilines is 2. The normalized spacial score (nSPS) is 10.7. The highest BCUT2D eigenvalue weighted by Gasteiger charge is 2.10. The Morgan fingerprint density at radius 3 is 2.57 bits per heavy atom. The highest BCUT2D eigenvalue weighted by Crippen LogP contribution is 2.29. The average molecular weight is 277 g/mol. The van der Waals surface area contributed by atoms with Crippen molar-refractivity contribution < 1.29 is 0 Å². The van der Waals surface area contributed by atoms with Crippen LogP contribution in [0, 0.1) is 0 Å². The van der Waals surface area contributed by atoms with E-state index in [-0.39, 0.29) is 0 Å². The summed E-state index contributed by atoms with van der Waals surface area (Å²) in [7, 11) is 0. The highest BCUT2D eigenvalue weighted by molar-refractivity contribution is 5.97. The number of rotatable bonds is 4. The summed E-state index contributed by atoms with van der Waals surface area (Å²) < 4.78 is 0. The minimum Gasteiger partial charge on any atom is -0.397 e. The van der Waals surface area contributed by atoms with Gasteiger partial charge >= 0.3 is 0 Å². The Morgan fingerprint density at radius 2 is 1.81 bits per heavy atom. The number of aromatic nitrogens is 1. The van der Waals surface area contributed by atoms with Crippen molar-refractivity contribution in [2.24, 2.45) is 0 Å². The Balaban J connectivity index is 2.03. The maximum Gasteiger partial charge on any atom is 0.0951 e. The molecular weight excluding hydrogens is 258 g/mol. The van der Waals surface area contributed by atoms with Crippen molar-refractivity contribution >= 4 is 22.3 Å². The fraction of sp³-hybridized carbons (Fsp3) is 0.167. The summed E-state index contributed by atoms with van der Waals surface area (Å²) in [6.45, 7) is 3.98. The van der Waals surface area contributed by atoms with Crippen molar-refractivity contribution in [1.29, 1.82) is 0 Å². The molecule has 0 bridgehead atoms. The van der Waals surface area contributed by atoms with Gasteiger partial charge in [0.2, 0.25) is 0 Å². The number of nitrogen functional groups attached to an aromatic ring is 1. The summed E-state index contributed by atoms with van der Waals surface area (Å²) in [6.07, 6.45) is 1.84. The van der Waals surface area contributed by atoms with Crippen LogP contribution in [-0.2, 0) is 6.54 Å². The lowest BCUT2D eigenvalue weighted by Crippen LogP contribution is -2.22. The van der Waals surface area contributed by atoms with E-state index < -0.39 is 0 Å². The Kier molecular flexibility index (Phi) is 3.73. The number of pyridine rings is 1. The molecule has 21 heavy (non-hydrogen) atoms. The zero-order chi connectivity index (χ0) is 14.7. The molecule has 1 aromatic heterocycles. The van der Waals surface area contributed by atoms with Gasteiger partial charge in [-0.2, -0.15) is 0 Å². The molecule has 0 aliphatic carbocycles. The van der Waals surface area contributed by atoms with Crippen LogP contribution < -0.4 is 10.6 Å². The van der Waals surface area contributed by atoms with Crippen molar-refractivity contribution in [3.63, 3.8) is 0 Å². The van der Waals surface area contributed by atoms with Gasteiger partial charge in [-0.1, -0.05) is 42.5 Å². The molecule has 0 aliphatic heterocycles. The third-order valence-electron chi connectivity index (χ3n) is 3.72. The number of hydrogen-bond acceptors (Lipinski definition) is 3. The zero-order valence-corrected chi connectivity index (χ0v) is 12.2. The molecule has 0 radical (unpaired) electrons. The fourth-order valence-electron chi connectivity index (χ4n) is 2.63.